The van der Waals surface area contributed by atoms with Crippen LogP contribution in [0.3, 0.4) is 0 Å². The van der Waals surface area contributed by atoms with Crippen LogP contribution in [-0.4, -0.2) is 41.0 Å². The molecule has 10 heteroatoms. The SMILES string of the molecule is O=C(Cc1ccccc1)Nc1cncc(-c2cnc3[nH]nc(-c4nc5c(-c6ccccc6F)ccnc5[nH]4)c3c2)c1. The molecule has 198 valence electrons. The van der Waals surface area contributed by atoms with Crippen LogP contribution in [0.1, 0.15) is 5.56 Å². The standard InChI is InChI=1S/C31H21FN8O/c32-25-9-5-4-8-22(25)23-10-11-34-30-27(23)37-31(38-30)28-24-14-20(16-35-29(24)40-39-28)19-13-21(17-33-15-19)36-26(41)12-18-6-2-1-3-7-18/h1-11,13-17H,12H2,(H,36,41)(H,34,37,38)(H,35,39,40). The highest BCUT2D eigenvalue weighted by Crippen LogP contribution is 2.33. The van der Waals surface area contributed by atoms with Crippen LogP contribution in [-0.2, 0) is 11.2 Å². The Bertz CT molecular complexity index is 2050. The van der Waals surface area contributed by atoms with Gasteiger partial charge in [0.2, 0.25) is 5.91 Å². The van der Waals surface area contributed by atoms with Crippen LogP contribution in [0, 0.1) is 5.82 Å². The van der Waals surface area contributed by atoms with Crippen LogP contribution in [0.25, 0.3) is 56.0 Å². The van der Waals surface area contributed by atoms with Crippen molar-refractivity contribution in [2.75, 3.05) is 5.32 Å². The first-order valence-electron chi connectivity index (χ1n) is 12.9. The first-order chi connectivity index (χ1) is 20.1. The summed E-state index contributed by atoms with van der Waals surface area (Å²) in [4.78, 5) is 33.8. The van der Waals surface area contributed by atoms with Crippen molar-refractivity contribution >= 4 is 33.8 Å². The first-order valence-corrected chi connectivity index (χ1v) is 12.9. The van der Waals surface area contributed by atoms with Crippen molar-refractivity contribution in [3.05, 3.63) is 109 Å². The first kappa shape index (κ1) is 24.3. The van der Waals surface area contributed by atoms with E-state index in [-0.39, 0.29) is 18.1 Å². The predicted octanol–water partition coefficient (Wildman–Crippen LogP) is 5.95. The van der Waals surface area contributed by atoms with Gasteiger partial charge in [0, 0.05) is 40.8 Å². The predicted molar refractivity (Wildman–Crippen MR) is 154 cm³/mol. The fourth-order valence-corrected chi connectivity index (χ4v) is 4.81. The number of amides is 1. The number of aromatic amines is 2. The number of carbonyl (C=O) groups excluding carboxylic acids is 1. The number of carbonyl (C=O) groups is 1. The largest absolute Gasteiger partial charge is 0.324 e. The summed E-state index contributed by atoms with van der Waals surface area (Å²) in [5.74, 6) is 0.00587. The summed E-state index contributed by atoms with van der Waals surface area (Å²) in [7, 11) is 0. The molecule has 1 amide bonds. The average Bonchev–Trinajstić information content (AvgIpc) is 3.62. The lowest BCUT2D eigenvalue weighted by Crippen LogP contribution is -2.14. The number of anilines is 1. The average molecular weight is 541 g/mol. The third-order valence-electron chi connectivity index (χ3n) is 6.75. The van der Waals surface area contributed by atoms with Gasteiger partial charge in [0.25, 0.3) is 0 Å². The molecule has 41 heavy (non-hydrogen) atoms. The molecule has 0 aliphatic heterocycles. The number of hydrogen-bond acceptors (Lipinski definition) is 6. The van der Waals surface area contributed by atoms with Crippen molar-refractivity contribution in [2.24, 2.45) is 0 Å². The molecule has 5 heterocycles. The van der Waals surface area contributed by atoms with E-state index in [0.717, 1.165) is 22.1 Å². The van der Waals surface area contributed by atoms with E-state index < -0.39 is 0 Å². The molecule has 0 unspecified atom stereocenters. The Balaban J connectivity index is 1.22. The number of fused-ring (bicyclic) bond motifs is 2. The van der Waals surface area contributed by atoms with Gasteiger partial charge in [0.05, 0.1) is 23.7 Å². The summed E-state index contributed by atoms with van der Waals surface area (Å²) in [5, 5.41) is 11.1. The zero-order chi connectivity index (χ0) is 27.8. The second kappa shape index (κ2) is 10.1. The Hall–Kier alpha value is -5.77. The van der Waals surface area contributed by atoms with Gasteiger partial charge in [-0.25, -0.2) is 19.3 Å². The zero-order valence-corrected chi connectivity index (χ0v) is 21.5. The van der Waals surface area contributed by atoms with Crippen LogP contribution in [0.2, 0.25) is 0 Å². The van der Waals surface area contributed by atoms with E-state index >= 15 is 0 Å². The molecule has 0 radical (unpaired) electrons. The normalized spacial score (nSPS) is 11.2. The number of benzene rings is 2. The van der Waals surface area contributed by atoms with Crippen LogP contribution >= 0.6 is 0 Å². The highest BCUT2D eigenvalue weighted by atomic mass is 19.1. The quantitative estimate of drug-likeness (QED) is 0.240. The molecule has 7 aromatic rings. The molecule has 2 aromatic carbocycles. The van der Waals surface area contributed by atoms with Crippen LogP contribution in [0.5, 0.6) is 0 Å². The van der Waals surface area contributed by atoms with E-state index in [9.17, 15) is 9.18 Å². The maximum absolute atomic E-state index is 14.6. The number of imidazole rings is 1. The van der Waals surface area contributed by atoms with E-state index in [2.05, 4.69) is 35.5 Å². The summed E-state index contributed by atoms with van der Waals surface area (Å²) in [6.45, 7) is 0. The smallest absolute Gasteiger partial charge is 0.228 e. The number of halogens is 1. The fourth-order valence-electron chi connectivity index (χ4n) is 4.81. The van der Waals surface area contributed by atoms with Gasteiger partial charge in [-0.05, 0) is 29.8 Å². The molecular weight excluding hydrogens is 519 g/mol. The van der Waals surface area contributed by atoms with E-state index in [1.807, 2.05) is 42.5 Å². The molecule has 0 saturated carbocycles. The van der Waals surface area contributed by atoms with Crippen molar-refractivity contribution < 1.29 is 9.18 Å². The molecule has 0 atom stereocenters. The molecule has 0 aliphatic rings. The molecule has 0 aliphatic carbocycles. The second-order valence-electron chi connectivity index (χ2n) is 9.49. The third-order valence-corrected chi connectivity index (χ3v) is 6.75. The Morgan fingerprint density at radius 2 is 1.68 bits per heavy atom. The molecule has 3 N–H and O–H groups in total. The van der Waals surface area contributed by atoms with Crippen LogP contribution in [0.15, 0.2) is 97.6 Å². The van der Waals surface area contributed by atoms with Crippen molar-refractivity contribution in [3.8, 4) is 33.8 Å². The zero-order valence-electron chi connectivity index (χ0n) is 21.5. The second-order valence-corrected chi connectivity index (χ2v) is 9.49. The van der Waals surface area contributed by atoms with Gasteiger partial charge in [0.15, 0.2) is 17.1 Å². The van der Waals surface area contributed by atoms with E-state index in [4.69, 9.17) is 4.98 Å². The Morgan fingerprint density at radius 1 is 0.854 bits per heavy atom. The van der Waals surface area contributed by atoms with Gasteiger partial charge >= 0.3 is 0 Å². The van der Waals surface area contributed by atoms with Gasteiger partial charge in [-0.2, -0.15) is 5.10 Å². The molecule has 7 rings (SSSR count). The lowest BCUT2D eigenvalue weighted by atomic mass is 10.1. The molecule has 0 fully saturated rings. The minimum Gasteiger partial charge on any atom is -0.324 e. The minimum atomic E-state index is -0.337. The van der Waals surface area contributed by atoms with Gasteiger partial charge in [-0.1, -0.05) is 48.5 Å². The van der Waals surface area contributed by atoms with Crippen LogP contribution in [0.4, 0.5) is 10.1 Å². The summed E-state index contributed by atoms with van der Waals surface area (Å²) >= 11 is 0. The summed E-state index contributed by atoms with van der Waals surface area (Å²) < 4.78 is 14.6. The van der Waals surface area contributed by atoms with Crippen molar-refractivity contribution in [1.82, 2.24) is 35.1 Å². The number of H-pyrrole nitrogens is 2. The van der Waals surface area contributed by atoms with E-state index in [1.54, 1.807) is 49.1 Å². The lowest BCUT2D eigenvalue weighted by molar-refractivity contribution is -0.115. The summed E-state index contributed by atoms with van der Waals surface area (Å²) in [6.07, 6.45) is 6.92. The summed E-state index contributed by atoms with van der Waals surface area (Å²) in [5.41, 5.74) is 6.32. The number of pyridine rings is 3. The molecule has 0 spiro atoms. The molecule has 0 saturated heterocycles. The van der Waals surface area contributed by atoms with Crippen LogP contribution < -0.4 is 5.32 Å². The molecule has 5 aromatic heterocycles. The van der Waals surface area contributed by atoms with Crippen molar-refractivity contribution in [2.45, 2.75) is 6.42 Å². The number of nitrogens with one attached hydrogen (secondary N) is 3. The van der Waals surface area contributed by atoms with Gasteiger partial charge in [-0.3, -0.25) is 14.9 Å². The number of nitrogens with zero attached hydrogens (tertiary/aromatic N) is 5. The van der Waals surface area contributed by atoms with Crippen molar-refractivity contribution in [1.29, 1.82) is 0 Å². The van der Waals surface area contributed by atoms with E-state index in [1.165, 1.54) is 6.07 Å². The molecule has 9 nitrogen and oxygen atoms in total. The topological polar surface area (TPSA) is 125 Å². The molecular formula is C31H21FN8O. The Morgan fingerprint density at radius 3 is 2.56 bits per heavy atom. The van der Waals surface area contributed by atoms with Gasteiger partial charge in [0.1, 0.15) is 17.0 Å². The highest BCUT2D eigenvalue weighted by Gasteiger charge is 2.18. The number of rotatable bonds is 6. The molecule has 0 bridgehead atoms. The highest BCUT2D eigenvalue weighted by molar-refractivity contribution is 5.96. The number of hydrogen-bond donors (Lipinski definition) is 3. The van der Waals surface area contributed by atoms with Crippen molar-refractivity contribution in [3.63, 3.8) is 0 Å². The minimum absolute atomic E-state index is 0.130. The lowest BCUT2D eigenvalue weighted by Gasteiger charge is -2.07. The Kier molecular flexibility index (Phi) is 5.97. The third kappa shape index (κ3) is 4.67. The fraction of sp³-hybridized carbons (Fsp3) is 0.0323. The monoisotopic (exact) mass is 540 g/mol. The maximum Gasteiger partial charge on any atom is 0.228 e. The van der Waals surface area contributed by atoms with E-state index in [0.29, 0.717) is 45.1 Å². The Labute approximate surface area is 232 Å². The van der Waals surface area contributed by atoms with Gasteiger partial charge < -0.3 is 10.3 Å². The maximum atomic E-state index is 14.6. The van der Waals surface area contributed by atoms with Gasteiger partial charge in [-0.15, -0.1) is 0 Å². The summed E-state index contributed by atoms with van der Waals surface area (Å²) in [6, 6.07) is 21.6. The number of aromatic nitrogens is 7.